The van der Waals surface area contributed by atoms with Crippen molar-refractivity contribution in [2.75, 3.05) is 40.9 Å². The maximum Gasteiger partial charge on any atom is 0.219 e. The van der Waals surface area contributed by atoms with Crippen molar-refractivity contribution < 1.29 is 14.3 Å². The number of hydrogen-bond acceptors (Lipinski definition) is 3. The SMILES string of the molecule is CCCCC(=O)NCCC[N+](C)(CCc1ccc(OC)c(OC)c1)c1ccccc1. The molecule has 0 spiro atoms. The van der Waals surface area contributed by atoms with Crippen LogP contribution in [0.25, 0.3) is 0 Å². The fraction of sp³-hybridized carbons (Fsp3) is 0.480. The van der Waals surface area contributed by atoms with Gasteiger partial charge >= 0.3 is 0 Å². The van der Waals surface area contributed by atoms with Crippen LogP contribution in [0.4, 0.5) is 5.69 Å². The number of methoxy groups -OCH3 is 2. The van der Waals surface area contributed by atoms with Crippen LogP contribution in [0, 0.1) is 0 Å². The van der Waals surface area contributed by atoms with Gasteiger partial charge in [-0.3, -0.25) is 9.28 Å². The third-order valence-corrected chi connectivity index (χ3v) is 5.63. The molecule has 0 aromatic heterocycles. The molecular formula is C25H37N2O3+. The van der Waals surface area contributed by atoms with Crippen molar-refractivity contribution in [2.24, 2.45) is 0 Å². The van der Waals surface area contributed by atoms with E-state index >= 15 is 0 Å². The van der Waals surface area contributed by atoms with Crippen LogP contribution in [0.5, 0.6) is 11.5 Å². The van der Waals surface area contributed by atoms with Crippen molar-refractivity contribution in [3.8, 4) is 11.5 Å². The van der Waals surface area contributed by atoms with Gasteiger partial charge in [0.25, 0.3) is 0 Å². The number of rotatable bonds is 13. The second-order valence-corrected chi connectivity index (χ2v) is 7.93. The van der Waals surface area contributed by atoms with E-state index in [2.05, 4.69) is 61.8 Å². The smallest absolute Gasteiger partial charge is 0.219 e. The molecule has 5 heteroatoms. The lowest BCUT2D eigenvalue weighted by atomic mass is 10.1. The van der Waals surface area contributed by atoms with Crippen LogP contribution >= 0.6 is 0 Å². The van der Waals surface area contributed by atoms with E-state index in [1.165, 1.54) is 11.3 Å². The molecule has 1 amide bonds. The van der Waals surface area contributed by atoms with Crippen LogP contribution in [0.15, 0.2) is 48.5 Å². The van der Waals surface area contributed by atoms with E-state index < -0.39 is 0 Å². The molecule has 164 valence electrons. The van der Waals surface area contributed by atoms with Crippen molar-refractivity contribution in [2.45, 2.75) is 39.0 Å². The summed E-state index contributed by atoms with van der Waals surface area (Å²) in [5.74, 6) is 1.68. The molecular weight excluding hydrogens is 376 g/mol. The molecule has 0 radical (unpaired) electrons. The number of ether oxygens (including phenoxy) is 2. The first-order valence-corrected chi connectivity index (χ1v) is 10.9. The van der Waals surface area contributed by atoms with Gasteiger partial charge in [0.05, 0.1) is 34.4 Å². The highest BCUT2D eigenvalue weighted by Gasteiger charge is 2.24. The van der Waals surface area contributed by atoms with Gasteiger partial charge in [0.2, 0.25) is 5.91 Å². The maximum absolute atomic E-state index is 11.9. The van der Waals surface area contributed by atoms with Gasteiger partial charge in [-0.1, -0.05) is 37.6 Å². The molecule has 0 aliphatic heterocycles. The topological polar surface area (TPSA) is 47.6 Å². The van der Waals surface area contributed by atoms with Gasteiger partial charge in [0.1, 0.15) is 5.69 Å². The highest BCUT2D eigenvalue weighted by atomic mass is 16.5. The molecule has 1 unspecified atom stereocenters. The predicted octanol–water partition coefficient (Wildman–Crippen LogP) is 4.58. The predicted molar refractivity (Wildman–Crippen MR) is 124 cm³/mol. The van der Waals surface area contributed by atoms with E-state index in [-0.39, 0.29) is 5.91 Å². The molecule has 0 bridgehead atoms. The number of likely N-dealkylation sites (N-methyl/N-ethyl adjacent to an activating group) is 1. The molecule has 0 heterocycles. The largest absolute Gasteiger partial charge is 0.493 e. The van der Waals surface area contributed by atoms with Gasteiger partial charge in [-0.2, -0.15) is 0 Å². The summed E-state index contributed by atoms with van der Waals surface area (Å²) in [6.07, 6.45) is 4.49. The lowest BCUT2D eigenvalue weighted by Crippen LogP contribution is -2.48. The first-order chi connectivity index (χ1) is 14.5. The van der Waals surface area contributed by atoms with Crippen molar-refractivity contribution in [3.05, 3.63) is 54.1 Å². The number of quaternary nitrogens is 1. The molecule has 0 aliphatic carbocycles. The van der Waals surface area contributed by atoms with Crippen LogP contribution in [0.1, 0.15) is 38.2 Å². The number of benzene rings is 2. The molecule has 2 rings (SSSR count). The van der Waals surface area contributed by atoms with Crippen LogP contribution in [-0.2, 0) is 11.2 Å². The summed E-state index contributed by atoms with van der Waals surface area (Å²) < 4.78 is 11.6. The van der Waals surface area contributed by atoms with Crippen LogP contribution in [0.3, 0.4) is 0 Å². The highest BCUT2D eigenvalue weighted by Crippen LogP contribution is 2.28. The minimum Gasteiger partial charge on any atom is -0.493 e. The van der Waals surface area contributed by atoms with Crippen molar-refractivity contribution >= 4 is 11.6 Å². The van der Waals surface area contributed by atoms with Crippen LogP contribution in [0.2, 0.25) is 0 Å². The van der Waals surface area contributed by atoms with Crippen molar-refractivity contribution in [1.29, 1.82) is 0 Å². The molecule has 30 heavy (non-hydrogen) atoms. The van der Waals surface area contributed by atoms with E-state index in [9.17, 15) is 4.79 Å². The first kappa shape index (κ1) is 23.7. The standard InChI is InChI=1S/C25H36N2O3/c1-5-6-13-25(28)26-17-10-18-27(2,22-11-8-7-9-12-22)19-16-21-14-15-23(29-3)24(20-21)30-4/h7-9,11-12,14-15,20H,5-6,10,13,16-19H2,1-4H3/p+1. The van der Waals surface area contributed by atoms with E-state index in [4.69, 9.17) is 9.47 Å². The van der Waals surface area contributed by atoms with Gasteiger partial charge in [0.15, 0.2) is 11.5 Å². The second kappa shape index (κ2) is 12.2. The summed E-state index contributed by atoms with van der Waals surface area (Å²) in [4.78, 5) is 11.9. The molecule has 0 fully saturated rings. The average molecular weight is 414 g/mol. The number of nitrogens with zero attached hydrogens (tertiary/aromatic N) is 1. The Morgan fingerprint density at radius 1 is 0.967 bits per heavy atom. The molecule has 1 N–H and O–H groups in total. The van der Waals surface area contributed by atoms with Gasteiger partial charge in [0, 0.05) is 25.8 Å². The number of hydrogen-bond donors (Lipinski definition) is 1. The fourth-order valence-corrected chi connectivity index (χ4v) is 3.65. The summed E-state index contributed by atoms with van der Waals surface area (Å²) in [5, 5.41) is 3.06. The average Bonchev–Trinajstić information content (AvgIpc) is 2.79. The monoisotopic (exact) mass is 413 g/mol. The van der Waals surface area contributed by atoms with E-state index in [1.807, 2.05) is 6.07 Å². The number of carbonyl (C=O) groups excluding carboxylic acids is 1. The van der Waals surface area contributed by atoms with Crippen LogP contribution < -0.4 is 19.3 Å². The Balaban J connectivity index is 2.02. The molecule has 0 aliphatic rings. The number of amides is 1. The van der Waals surface area contributed by atoms with Gasteiger partial charge in [-0.05, 0) is 36.2 Å². The Kier molecular flexibility index (Phi) is 9.68. The van der Waals surface area contributed by atoms with E-state index in [0.717, 1.165) is 61.3 Å². The Morgan fingerprint density at radius 2 is 1.70 bits per heavy atom. The minimum atomic E-state index is 0.163. The Labute approximate surface area is 181 Å². The number of unbranched alkanes of at least 4 members (excludes halogenated alkanes) is 1. The molecule has 0 saturated carbocycles. The Morgan fingerprint density at radius 3 is 2.37 bits per heavy atom. The minimum absolute atomic E-state index is 0.163. The number of carbonyl (C=O) groups is 1. The quantitative estimate of drug-likeness (QED) is 0.386. The summed E-state index contributed by atoms with van der Waals surface area (Å²) in [6, 6.07) is 16.7. The molecule has 2 aromatic carbocycles. The van der Waals surface area contributed by atoms with E-state index in [0.29, 0.717) is 6.42 Å². The summed E-state index contributed by atoms with van der Waals surface area (Å²) in [5.41, 5.74) is 2.51. The number of para-hydroxylation sites is 1. The van der Waals surface area contributed by atoms with Crippen LogP contribution in [-0.4, -0.2) is 46.8 Å². The highest BCUT2D eigenvalue weighted by molar-refractivity contribution is 5.75. The van der Waals surface area contributed by atoms with Gasteiger partial charge in [-0.25, -0.2) is 0 Å². The normalized spacial score (nSPS) is 12.8. The summed E-state index contributed by atoms with van der Waals surface area (Å²) >= 11 is 0. The molecule has 0 saturated heterocycles. The Bertz CT molecular complexity index is 779. The van der Waals surface area contributed by atoms with Gasteiger partial charge in [-0.15, -0.1) is 0 Å². The maximum atomic E-state index is 11.9. The molecule has 1 atom stereocenters. The molecule has 2 aromatic rings. The summed E-state index contributed by atoms with van der Waals surface area (Å²) in [7, 11) is 5.59. The van der Waals surface area contributed by atoms with E-state index in [1.54, 1.807) is 14.2 Å². The van der Waals surface area contributed by atoms with Crippen molar-refractivity contribution in [1.82, 2.24) is 9.80 Å². The van der Waals surface area contributed by atoms with Gasteiger partial charge < -0.3 is 14.8 Å². The Hall–Kier alpha value is -2.53. The van der Waals surface area contributed by atoms with Crippen molar-refractivity contribution in [3.63, 3.8) is 0 Å². The number of nitrogens with one attached hydrogen (secondary N) is 1. The molecule has 5 nitrogen and oxygen atoms in total. The lowest BCUT2D eigenvalue weighted by Gasteiger charge is -2.34. The third-order valence-electron chi connectivity index (χ3n) is 5.63. The first-order valence-electron chi connectivity index (χ1n) is 10.9. The fourth-order valence-electron chi connectivity index (χ4n) is 3.65. The third kappa shape index (κ3) is 7.06. The zero-order valence-corrected chi connectivity index (χ0v) is 18.9. The summed E-state index contributed by atoms with van der Waals surface area (Å²) in [6.45, 7) is 4.75. The zero-order chi connectivity index (χ0) is 21.8. The lowest BCUT2D eigenvalue weighted by molar-refractivity contribution is -0.121. The zero-order valence-electron chi connectivity index (χ0n) is 18.9. The second-order valence-electron chi connectivity index (χ2n) is 7.93.